The van der Waals surface area contributed by atoms with Crippen molar-refractivity contribution in [2.45, 2.75) is 12.1 Å². The van der Waals surface area contributed by atoms with Crippen LogP contribution < -0.4 is 9.64 Å². The monoisotopic (exact) mass is 529 g/mol. The number of nitro groups is 1. The molecule has 3 aromatic carbocycles. The zero-order valence-corrected chi connectivity index (χ0v) is 20.7. The maximum absolute atomic E-state index is 14.1. The molecule has 0 saturated carbocycles. The van der Waals surface area contributed by atoms with E-state index in [9.17, 15) is 24.5 Å². The van der Waals surface area contributed by atoms with E-state index in [0.29, 0.717) is 10.6 Å². The summed E-state index contributed by atoms with van der Waals surface area (Å²) >= 11 is 6.03. The fourth-order valence-electron chi connectivity index (χ4n) is 5.85. The number of nitro benzene ring substituents is 1. The fourth-order valence-corrected chi connectivity index (χ4v) is 5.97. The number of Topliss-reactive ketones (excluding diaryl/α,β-unsaturated/α-hetero) is 1. The van der Waals surface area contributed by atoms with Crippen LogP contribution in [0.3, 0.4) is 0 Å². The molecule has 0 radical (unpaired) electrons. The highest BCUT2D eigenvalue weighted by molar-refractivity contribution is 6.30. The number of benzene rings is 3. The summed E-state index contributed by atoms with van der Waals surface area (Å²) in [5.41, 5.74) is 1.76. The van der Waals surface area contributed by atoms with E-state index in [1.807, 2.05) is 30.3 Å². The Morgan fingerprint density at radius 3 is 2.42 bits per heavy atom. The number of anilines is 1. The lowest BCUT2D eigenvalue weighted by atomic mass is 9.83. The number of rotatable bonds is 5. The Morgan fingerprint density at radius 2 is 1.71 bits per heavy atom. The summed E-state index contributed by atoms with van der Waals surface area (Å²) in [5, 5.41) is 11.9. The number of carbonyl (C=O) groups is 3. The van der Waals surface area contributed by atoms with Crippen LogP contribution >= 0.6 is 11.6 Å². The van der Waals surface area contributed by atoms with Crippen LogP contribution in [0.15, 0.2) is 72.9 Å². The Labute approximate surface area is 222 Å². The first-order valence-electron chi connectivity index (χ1n) is 11.9. The van der Waals surface area contributed by atoms with Crippen LogP contribution in [0.1, 0.15) is 27.5 Å². The van der Waals surface area contributed by atoms with Gasteiger partial charge in [0.05, 0.1) is 29.9 Å². The van der Waals surface area contributed by atoms with Crippen molar-refractivity contribution in [2.24, 2.45) is 11.8 Å². The molecule has 3 aliphatic heterocycles. The Morgan fingerprint density at radius 1 is 1.00 bits per heavy atom. The minimum atomic E-state index is -1.02. The van der Waals surface area contributed by atoms with Crippen molar-refractivity contribution in [1.29, 1.82) is 0 Å². The van der Waals surface area contributed by atoms with Crippen LogP contribution in [0.4, 0.5) is 11.4 Å². The molecule has 38 heavy (non-hydrogen) atoms. The second-order valence-corrected chi connectivity index (χ2v) is 9.77. The van der Waals surface area contributed by atoms with E-state index in [2.05, 4.69) is 0 Å². The first-order chi connectivity index (χ1) is 18.3. The minimum Gasteiger partial charge on any atom is -0.495 e. The second kappa shape index (κ2) is 8.81. The molecule has 9 nitrogen and oxygen atoms in total. The molecule has 3 heterocycles. The number of carbonyl (C=O) groups excluding carboxylic acids is 3. The highest BCUT2D eigenvalue weighted by Crippen LogP contribution is 2.54. The van der Waals surface area contributed by atoms with Gasteiger partial charge in [-0.15, -0.1) is 0 Å². The quantitative estimate of drug-likeness (QED) is 0.205. The molecule has 2 amide bonds. The Hall–Kier alpha value is -4.50. The van der Waals surface area contributed by atoms with Gasteiger partial charge in [-0.2, -0.15) is 0 Å². The number of methoxy groups -OCH3 is 1. The molecule has 4 atom stereocenters. The topological polar surface area (TPSA) is 110 Å². The molecule has 3 aromatic rings. The molecular formula is C28H20ClN3O6. The van der Waals surface area contributed by atoms with Gasteiger partial charge in [-0.25, -0.2) is 4.90 Å². The van der Waals surface area contributed by atoms with Crippen LogP contribution in [0.25, 0.3) is 6.08 Å². The summed E-state index contributed by atoms with van der Waals surface area (Å²) in [6.07, 6.45) is 3.63. The summed E-state index contributed by atoms with van der Waals surface area (Å²) < 4.78 is 5.36. The third kappa shape index (κ3) is 3.42. The van der Waals surface area contributed by atoms with Gasteiger partial charge in [0, 0.05) is 28.9 Å². The minimum absolute atomic E-state index is 0.0185. The number of ketones is 1. The summed E-state index contributed by atoms with van der Waals surface area (Å²) in [6.45, 7) is 0. The zero-order chi connectivity index (χ0) is 26.7. The number of nitrogens with zero attached hydrogens (tertiary/aromatic N) is 3. The van der Waals surface area contributed by atoms with E-state index in [-0.39, 0.29) is 22.9 Å². The lowest BCUT2D eigenvalue weighted by Crippen LogP contribution is -2.44. The second-order valence-electron chi connectivity index (χ2n) is 9.33. The van der Waals surface area contributed by atoms with Gasteiger partial charge in [0.25, 0.3) is 5.69 Å². The molecule has 190 valence electrons. The molecule has 2 fully saturated rings. The average molecular weight is 530 g/mol. The molecule has 0 aromatic heterocycles. The number of hydrogen-bond acceptors (Lipinski definition) is 7. The van der Waals surface area contributed by atoms with E-state index in [1.165, 1.54) is 19.2 Å². The Kier molecular flexibility index (Phi) is 5.53. The number of hydrogen-bond donors (Lipinski definition) is 0. The van der Waals surface area contributed by atoms with E-state index in [0.717, 1.165) is 22.1 Å². The zero-order valence-electron chi connectivity index (χ0n) is 20.0. The summed E-state index contributed by atoms with van der Waals surface area (Å²) in [4.78, 5) is 55.7. The smallest absolute Gasteiger partial charge is 0.271 e. The molecule has 10 heteroatoms. The lowest BCUT2D eigenvalue weighted by Gasteiger charge is -2.35. The predicted molar refractivity (Wildman–Crippen MR) is 139 cm³/mol. The molecule has 2 saturated heterocycles. The molecule has 0 spiro atoms. The normalized spacial score (nSPS) is 23.2. The van der Waals surface area contributed by atoms with Crippen molar-refractivity contribution >= 4 is 46.6 Å². The van der Waals surface area contributed by atoms with Crippen molar-refractivity contribution in [3.8, 4) is 5.75 Å². The van der Waals surface area contributed by atoms with Gasteiger partial charge >= 0.3 is 0 Å². The molecular weight excluding hydrogens is 510 g/mol. The van der Waals surface area contributed by atoms with Crippen LogP contribution in [0.5, 0.6) is 5.75 Å². The number of non-ortho nitro benzene ring substituents is 1. The van der Waals surface area contributed by atoms with Gasteiger partial charge in [-0.3, -0.25) is 24.5 Å². The SMILES string of the molecule is COc1ccc([N+](=O)[O-])cc1N1C(=O)[C@@H]2[C@H](C1=O)[C@@H]1c3ccccc3C=CN1[C@H]2C(=O)c1ccc(Cl)cc1. The number of imide groups is 1. The van der Waals surface area contributed by atoms with Gasteiger partial charge in [0.15, 0.2) is 5.78 Å². The van der Waals surface area contributed by atoms with E-state index in [1.54, 1.807) is 35.4 Å². The van der Waals surface area contributed by atoms with Crippen molar-refractivity contribution in [3.05, 3.63) is 105 Å². The maximum Gasteiger partial charge on any atom is 0.271 e. The van der Waals surface area contributed by atoms with Crippen LogP contribution in [0, 0.1) is 22.0 Å². The van der Waals surface area contributed by atoms with Crippen LogP contribution in [-0.4, -0.2) is 40.6 Å². The molecule has 0 N–H and O–H groups in total. The number of fused-ring (bicyclic) bond motifs is 5. The molecule has 3 aliphatic rings. The van der Waals surface area contributed by atoms with E-state index < -0.39 is 40.7 Å². The van der Waals surface area contributed by atoms with Gasteiger partial charge in [0.2, 0.25) is 11.8 Å². The van der Waals surface area contributed by atoms with E-state index >= 15 is 0 Å². The van der Waals surface area contributed by atoms with Crippen molar-refractivity contribution < 1.29 is 24.0 Å². The van der Waals surface area contributed by atoms with Crippen molar-refractivity contribution in [2.75, 3.05) is 12.0 Å². The van der Waals surface area contributed by atoms with Crippen LogP contribution in [0.2, 0.25) is 5.02 Å². The van der Waals surface area contributed by atoms with E-state index in [4.69, 9.17) is 16.3 Å². The highest BCUT2D eigenvalue weighted by atomic mass is 35.5. The Balaban J connectivity index is 1.51. The first kappa shape index (κ1) is 23.9. The Bertz CT molecular complexity index is 1550. The molecule has 0 bridgehead atoms. The van der Waals surface area contributed by atoms with Crippen molar-refractivity contribution in [3.63, 3.8) is 0 Å². The van der Waals surface area contributed by atoms with Gasteiger partial charge in [0.1, 0.15) is 17.5 Å². The van der Waals surface area contributed by atoms with Crippen LogP contribution in [-0.2, 0) is 9.59 Å². The lowest BCUT2D eigenvalue weighted by molar-refractivity contribution is -0.384. The number of ether oxygens (including phenoxy) is 1. The highest BCUT2D eigenvalue weighted by Gasteiger charge is 2.64. The fraction of sp³-hybridized carbons (Fsp3) is 0.179. The average Bonchev–Trinajstić information content (AvgIpc) is 3.40. The molecule has 6 rings (SSSR count). The number of halogens is 1. The summed E-state index contributed by atoms with van der Waals surface area (Å²) in [6, 6.07) is 16.1. The summed E-state index contributed by atoms with van der Waals surface area (Å²) in [5.74, 6) is -3.23. The van der Waals surface area contributed by atoms with Crippen molar-refractivity contribution in [1.82, 2.24) is 4.90 Å². The molecule has 0 aliphatic carbocycles. The third-order valence-electron chi connectivity index (χ3n) is 7.47. The van der Waals surface area contributed by atoms with Gasteiger partial charge in [-0.1, -0.05) is 35.9 Å². The third-order valence-corrected chi connectivity index (χ3v) is 7.73. The van der Waals surface area contributed by atoms with Gasteiger partial charge < -0.3 is 9.64 Å². The molecule has 0 unspecified atom stereocenters. The number of amides is 2. The summed E-state index contributed by atoms with van der Waals surface area (Å²) in [7, 11) is 1.35. The van der Waals surface area contributed by atoms with Gasteiger partial charge in [-0.05, 0) is 47.5 Å². The predicted octanol–water partition coefficient (Wildman–Crippen LogP) is 4.66. The maximum atomic E-state index is 14.1. The largest absolute Gasteiger partial charge is 0.495 e. The standard InChI is InChI=1S/C28H20ClN3O6/c1-38-21-11-10-18(32(36)37)14-20(21)31-27(34)22-23(28(31)35)25(26(33)16-6-8-17(29)9-7-16)30-13-12-15-4-2-3-5-19(15)24(22)30/h2-14,22-25H,1H3/t22-,23+,24-,25+/m0/s1. The first-order valence-corrected chi connectivity index (χ1v) is 12.2.